The first kappa shape index (κ1) is 26.9. The van der Waals surface area contributed by atoms with Crippen LogP contribution < -0.4 is 14.8 Å². The highest BCUT2D eigenvalue weighted by molar-refractivity contribution is 7.98. The highest BCUT2D eigenvalue weighted by Crippen LogP contribution is 2.29. The van der Waals surface area contributed by atoms with E-state index in [9.17, 15) is 4.79 Å². The van der Waals surface area contributed by atoms with Crippen LogP contribution in [0.25, 0.3) is 0 Å². The number of hydrogen-bond acceptors (Lipinski definition) is 6. The molecule has 0 aromatic heterocycles. The normalized spacial score (nSPS) is 13.7. The lowest BCUT2D eigenvalue weighted by Crippen LogP contribution is -2.44. The first-order chi connectivity index (χ1) is 18.1. The molecule has 0 spiro atoms. The summed E-state index contributed by atoms with van der Waals surface area (Å²) in [5, 5.41) is 3.06. The number of ether oxygens (including phenoxy) is 3. The van der Waals surface area contributed by atoms with Crippen LogP contribution in [0.3, 0.4) is 0 Å². The third-order valence-electron chi connectivity index (χ3n) is 6.26. The maximum Gasteiger partial charge on any atom is 0.322 e. The van der Waals surface area contributed by atoms with Gasteiger partial charge in [0.1, 0.15) is 6.61 Å². The molecular formula is C29H35N3O4S. The van der Waals surface area contributed by atoms with Crippen LogP contribution in [0, 0.1) is 0 Å². The van der Waals surface area contributed by atoms with Crippen molar-refractivity contribution in [2.24, 2.45) is 0 Å². The molecular weight excluding hydrogens is 486 g/mol. The molecule has 3 aromatic carbocycles. The fourth-order valence-electron chi connectivity index (χ4n) is 4.10. The van der Waals surface area contributed by atoms with Gasteiger partial charge in [-0.2, -0.15) is 0 Å². The van der Waals surface area contributed by atoms with Gasteiger partial charge in [-0.05, 0) is 53.8 Å². The standard InChI is InChI=1S/C29H35N3O4S/c1-34-28-20-24(8-13-27(28)36-22-23-6-4-3-5-7-23)21-32(15-14-31-16-18-35-19-17-31)29(33)30-25-9-11-26(37-2)12-10-25/h3-13,20H,14-19,21-22H2,1-2H3,(H,30,33). The quantitative estimate of drug-likeness (QED) is 0.343. The average Bonchev–Trinajstić information content (AvgIpc) is 2.95. The van der Waals surface area contributed by atoms with E-state index in [1.807, 2.05) is 84.0 Å². The minimum atomic E-state index is -0.131. The molecule has 0 aliphatic carbocycles. The van der Waals surface area contributed by atoms with E-state index in [0.717, 1.165) is 54.6 Å². The van der Waals surface area contributed by atoms with Gasteiger partial charge in [0.25, 0.3) is 0 Å². The molecule has 0 saturated carbocycles. The number of morpholine rings is 1. The van der Waals surface area contributed by atoms with E-state index in [2.05, 4.69) is 10.2 Å². The fourth-order valence-corrected chi connectivity index (χ4v) is 4.51. The number of rotatable bonds is 11. The first-order valence-electron chi connectivity index (χ1n) is 12.5. The van der Waals surface area contributed by atoms with Crippen molar-refractivity contribution in [2.45, 2.75) is 18.0 Å². The van der Waals surface area contributed by atoms with Crippen LogP contribution >= 0.6 is 11.8 Å². The molecule has 1 saturated heterocycles. The first-order valence-corrected chi connectivity index (χ1v) is 13.7. The third-order valence-corrected chi connectivity index (χ3v) is 7.00. The molecule has 1 N–H and O–H groups in total. The number of anilines is 1. The summed E-state index contributed by atoms with van der Waals surface area (Å²) in [5.74, 6) is 1.32. The predicted molar refractivity (Wildman–Crippen MR) is 149 cm³/mol. The number of urea groups is 1. The summed E-state index contributed by atoms with van der Waals surface area (Å²) in [5.41, 5.74) is 2.84. The molecule has 7 nitrogen and oxygen atoms in total. The Morgan fingerprint density at radius 2 is 1.76 bits per heavy atom. The van der Waals surface area contributed by atoms with Gasteiger partial charge < -0.3 is 24.4 Å². The Labute approximate surface area is 223 Å². The Bertz CT molecular complexity index is 1120. The van der Waals surface area contributed by atoms with E-state index in [0.29, 0.717) is 31.2 Å². The van der Waals surface area contributed by atoms with Crippen molar-refractivity contribution in [1.29, 1.82) is 0 Å². The van der Waals surface area contributed by atoms with Gasteiger partial charge in [0.2, 0.25) is 0 Å². The topological polar surface area (TPSA) is 63.3 Å². The van der Waals surface area contributed by atoms with Gasteiger partial charge >= 0.3 is 6.03 Å². The number of benzene rings is 3. The van der Waals surface area contributed by atoms with E-state index in [4.69, 9.17) is 14.2 Å². The van der Waals surface area contributed by atoms with Crippen LogP contribution in [0.5, 0.6) is 11.5 Å². The number of amides is 2. The molecule has 2 amide bonds. The van der Waals surface area contributed by atoms with Crippen LogP contribution in [0.2, 0.25) is 0 Å². The van der Waals surface area contributed by atoms with Crippen molar-refractivity contribution in [1.82, 2.24) is 9.80 Å². The van der Waals surface area contributed by atoms with Gasteiger partial charge in [0.15, 0.2) is 11.5 Å². The second-order valence-corrected chi connectivity index (χ2v) is 9.67. The molecule has 1 fully saturated rings. The minimum Gasteiger partial charge on any atom is -0.493 e. The molecule has 1 aliphatic rings. The van der Waals surface area contributed by atoms with Crippen molar-refractivity contribution in [3.63, 3.8) is 0 Å². The molecule has 0 bridgehead atoms. The lowest BCUT2D eigenvalue weighted by Gasteiger charge is -2.30. The molecule has 196 valence electrons. The van der Waals surface area contributed by atoms with Crippen LogP contribution in [-0.2, 0) is 17.9 Å². The zero-order valence-electron chi connectivity index (χ0n) is 21.5. The second kappa shape index (κ2) is 13.9. The third kappa shape index (κ3) is 8.15. The molecule has 0 unspecified atom stereocenters. The van der Waals surface area contributed by atoms with Crippen LogP contribution in [0.4, 0.5) is 10.5 Å². The number of nitrogens with zero attached hydrogens (tertiary/aromatic N) is 2. The summed E-state index contributed by atoms with van der Waals surface area (Å²) in [6.07, 6.45) is 2.03. The second-order valence-electron chi connectivity index (χ2n) is 8.79. The van der Waals surface area contributed by atoms with Crippen molar-refractivity contribution >= 4 is 23.5 Å². The maximum absolute atomic E-state index is 13.3. The number of nitrogens with one attached hydrogen (secondary N) is 1. The van der Waals surface area contributed by atoms with Gasteiger partial charge in [0, 0.05) is 43.3 Å². The number of carbonyl (C=O) groups excluding carboxylic acids is 1. The Morgan fingerprint density at radius 3 is 2.46 bits per heavy atom. The Balaban J connectivity index is 1.44. The molecule has 3 aromatic rings. The molecule has 1 aliphatic heterocycles. The van der Waals surface area contributed by atoms with E-state index in [1.54, 1.807) is 18.9 Å². The van der Waals surface area contributed by atoms with Gasteiger partial charge in [0.05, 0.1) is 20.3 Å². The Morgan fingerprint density at radius 1 is 1.00 bits per heavy atom. The largest absolute Gasteiger partial charge is 0.493 e. The van der Waals surface area contributed by atoms with E-state index >= 15 is 0 Å². The highest BCUT2D eigenvalue weighted by atomic mass is 32.2. The molecule has 8 heteroatoms. The molecule has 0 atom stereocenters. The van der Waals surface area contributed by atoms with Gasteiger partial charge in [-0.3, -0.25) is 4.90 Å². The lowest BCUT2D eigenvalue weighted by molar-refractivity contribution is 0.0349. The molecule has 1 heterocycles. The number of carbonyl (C=O) groups is 1. The fraction of sp³-hybridized carbons (Fsp3) is 0.345. The zero-order valence-corrected chi connectivity index (χ0v) is 22.3. The van der Waals surface area contributed by atoms with Crippen molar-refractivity contribution in [3.05, 3.63) is 83.9 Å². The number of methoxy groups -OCH3 is 1. The summed E-state index contributed by atoms with van der Waals surface area (Å²) in [6.45, 7) is 5.53. The number of hydrogen-bond donors (Lipinski definition) is 1. The molecule has 4 rings (SSSR count). The van der Waals surface area contributed by atoms with Crippen LogP contribution in [0.1, 0.15) is 11.1 Å². The maximum atomic E-state index is 13.3. The van der Waals surface area contributed by atoms with E-state index in [1.165, 1.54) is 0 Å². The average molecular weight is 522 g/mol. The Kier molecular flexibility index (Phi) is 10.1. The lowest BCUT2D eigenvalue weighted by atomic mass is 10.2. The van der Waals surface area contributed by atoms with Crippen LogP contribution in [0.15, 0.2) is 77.7 Å². The van der Waals surface area contributed by atoms with Gasteiger partial charge in [-0.1, -0.05) is 36.4 Å². The van der Waals surface area contributed by atoms with Gasteiger partial charge in [-0.25, -0.2) is 4.79 Å². The highest BCUT2D eigenvalue weighted by Gasteiger charge is 2.18. The monoisotopic (exact) mass is 521 g/mol. The summed E-state index contributed by atoms with van der Waals surface area (Å²) in [6, 6.07) is 23.6. The summed E-state index contributed by atoms with van der Waals surface area (Å²) >= 11 is 1.67. The van der Waals surface area contributed by atoms with Crippen molar-refractivity contribution < 1.29 is 19.0 Å². The van der Waals surface area contributed by atoms with Gasteiger partial charge in [-0.15, -0.1) is 11.8 Å². The number of thioether (sulfide) groups is 1. The predicted octanol–water partition coefficient (Wildman–Crippen LogP) is 5.36. The SMILES string of the molecule is COc1cc(CN(CCN2CCOCC2)C(=O)Nc2ccc(SC)cc2)ccc1OCc1ccccc1. The minimum absolute atomic E-state index is 0.131. The smallest absolute Gasteiger partial charge is 0.322 e. The molecule has 0 radical (unpaired) electrons. The summed E-state index contributed by atoms with van der Waals surface area (Å²) < 4.78 is 17.1. The van der Waals surface area contributed by atoms with Crippen LogP contribution in [-0.4, -0.2) is 68.6 Å². The Hall–Kier alpha value is -3.20. The van der Waals surface area contributed by atoms with Crippen molar-refractivity contribution in [2.75, 3.05) is 58.1 Å². The summed E-state index contributed by atoms with van der Waals surface area (Å²) in [4.78, 5) is 18.7. The summed E-state index contributed by atoms with van der Waals surface area (Å²) in [7, 11) is 1.63. The van der Waals surface area contributed by atoms with Crippen molar-refractivity contribution in [3.8, 4) is 11.5 Å². The zero-order chi connectivity index (χ0) is 25.9. The van der Waals surface area contributed by atoms with E-state index < -0.39 is 0 Å². The molecule has 37 heavy (non-hydrogen) atoms. The van der Waals surface area contributed by atoms with E-state index in [-0.39, 0.29) is 6.03 Å².